The summed E-state index contributed by atoms with van der Waals surface area (Å²) in [5.41, 5.74) is 3.17. The first-order valence-corrected chi connectivity index (χ1v) is 17.6. The van der Waals surface area contributed by atoms with Crippen molar-refractivity contribution in [1.29, 1.82) is 0 Å². The van der Waals surface area contributed by atoms with Gasteiger partial charge < -0.3 is 28.8 Å². The molecule has 49 heavy (non-hydrogen) atoms. The van der Waals surface area contributed by atoms with Crippen molar-refractivity contribution in [1.82, 2.24) is 9.80 Å². The number of rotatable bonds is 16. The number of carboxylic acids is 1. The van der Waals surface area contributed by atoms with Gasteiger partial charge in [0.25, 0.3) is 5.91 Å². The van der Waals surface area contributed by atoms with Crippen molar-refractivity contribution in [3.63, 3.8) is 0 Å². The molecule has 10 nitrogen and oxygen atoms in total. The first kappa shape index (κ1) is 36.5. The number of ether oxygens (including phenoxy) is 5. The maximum Gasteiger partial charge on any atom is 0.307 e. The fraction of sp³-hybridized carbons (Fsp3) is 0.361. The molecule has 0 aromatic heterocycles. The van der Waals surface area contributed by atoms with Gasteiger partial charge in [-0.3, -0.25) is 19.4 Å². The van der Waals surface area contributed by atoms with E-state index in [1.807, 2.05) is 49.4 Å². The molecule has 0 bridgehead atoms. The molecule has 13 heteroatoms. The molecule has 0 aliphatic carbocycles. The Hall–Kier alpha value is -3.81. The lowest BCUT2D eigenvalue weighted by Crippen LogP contribution is -2.38. The molecule has 0 unspecified atom stereocenters. The predicted octanol–water partition coefficient (Wildman–Crippen LogP) is 6.42. The van der Waals surface area contributed by atoms with Gasteiger partial charge in [0.2, 0.25) is 0 Å². The van der Waals surface area contributed by atoms with Gasteiger partial charge in [-0.2, -0.15) is 0 Å². The third kappa shape index (κ3) is 9.89. The minimum absolute atomic E-state index is 0.124. The first-order valence-electron chi connectivity index (χ1n) is 16.0. The van der Waals surface area contributed by atoms with E-state index in [0.717, 1.165) is 36.3 Å². The van der Waals surface area contributed by atoms with E-state index in [-0.39, 0.29) is 18.9 Å². The lowest BCUT2D eigenvalue weighted by atomic mass is 10.0. The normalized spacial score (nSPS) is 15.9. The van der Waals surface area contributed by atoms with Crippen molar-refractivity contribution in [2.75, 3.05) is 66.3 Å². The molecule has 3 aromatic rings. The van der Waals surface area contributed by atoms with Crippen LogP contribution in [0, 0.1) is 0 Å². The number of amides is 1. The number of nitrogens with zero attached hydrogens (tertiary/aromatic N) is 2. The Morgan fingerprint density at radius 2 is 1.67 bits per heavy atom. The van der Waals surface area contributed by atoms with Gasteiger partial charge in [0.05, 0.1) is 49.9 Å². The van der Waals surface area contributed by atoms with Crippen LogP contribution in [0.1, 0.15) is 24.5 Å². The van der Waals surface area contributed by atoms with Gasteiger partial charge in [0.15, 0.2) is 11.5 Å². The zero-order valence-electron chi connectivity index (χ0n) is 27.4. The van der Waals surface area contributed by atoms with Crippen molar-refractivity contribution >= 4 is 57.9 Å². The lowest BCUT2D eigenvalue weighted by molar-refractivity contribution is -0.136. The summed E-state index contributed by atoms with van der Waals surface area (Å²) in [6.07, 6.45) is 2.20. The van der Waals surface area contributed by atoms with Crippen molar-refractivity contribution in [2.45, 2.75) is 19.8 Å². The van der Waals surface area contributed by atoms with Crippen LogP contribution >= 0.6 is 35.6 Å². The standard InChI is InChI=1S/C36H39ClN2O8S2/c1-3-45-30-10-7-26(22-28(30)37)25-6-9-29(47-18-14-38-12-16-44-17-13-38)27(21-25)23-33-35(42)39(36(48)49-33)11-4-15-46-32-19-24(20-34(40)41)5-8-31(32)43-2/h5-10,19,21-23H,3-4,11-18,20H2,1-2H3,(H,40,41). The van der Waals surface area contributed by atoms with E-state index in [9.17, 15) is 9.59 Å². The molecule has 2 aliphatic rings. The number of carboxylic acid groups (broad SMARTS) is 1. The summed E-state index contributed by atoms with van der Waals surface area (Å²) in [5, 5.41) is 9.65. The highest BCUT2D eigenvalue weighted by Gasteiger charge is 2.32. The maximum absolute atomic E-state index is 13.6. The van der Waals surface area contributed by atoms with Crippen LogP contribution in [-0.2, 0) is 20.7 Å². The summed E-state index contributed by atoms with van der Waals surface area (Å²) < 4.78 is 29.1. The molecule has 0 radical (unpaired) electrons. The number of carbonyl (C=O) groups excluding carboxylic acids is 1. The van der Waals surface area contributed by atoms with Crippen LogP contribution in [0.15, 0.2) is 59.5 Å². The van der Waals surface area contributed by atoms with Crippen LogP contribution in [0.5, 0.6) is 23.0 Å². The molecule has 5 rings (SSSR count). The quantitative estimate of drug-likeness (QED) is 0.100. The smallest absolute Gasteiger partial charge is 0.307 e. The molecule has 0 spiro atoms. The second-order valence-electron chi connectivity index (χ2n) is 11.2. The minimum atomic E-state index is -0.933. The second-order valence-corrected chi connectivity index (χ2v) is 13.3. The highest BCUT2D eigenvalue weighted by molar-refractivity contribution is 8.26. The van der Waals surface area contributed by atoms with Gasteiger partial charge >= 0.3 is 5.97 Å². The number of thioether (sulfide) groups is 1. The zero-order valence-corrected chi connectivity index (χ0v) is 29.8. The van der Waals surface area contributed by atoms with Crippen LogP contribution in [0.3, 0.4) is 0 Å². The second kappa shape index (κ2) is 17.7. The molecule has 260 valence electrons. The Morgan fingerprint density at radius 3 is 2.39 bits per heavy atom. The van der Waals surface area contributed by atoms with Crippen molar-refractivity contribution < 1.29 is 38.4 Å². The van der Waals surface area contributed by atoms with Gasteiger partial charge in [-0.25, -0.2) is 0 Å². The van der Waals surface area contributed by atoms with Gasteiger partial charge in [0.1, 0.15) is 22.4 Å². The molecule has 1 amide bonds. The van der Waals surface area contributed by atoms with Crippen LogP contribution in [0.2, 0.25) is 5.02 Å². The Kier molecular flexibility index (Phi) is 13.2. The molecule has 3 aromatic carbocycles. The summed E-state index contributed by atoms with van der Waals surface area (Å²) in [7, 11) is 1.52. The third-order valence-electron chi connectivity index (χ3n) is 7.87. The fourth-order valence-electron chi connectivity index (χ4n) is 5.39. The Balaban J connectivity index is 1.29. The summed E-state index contributed by atoms with van der Waals surface area (Å²) in [6, 6.07) is 16.6. The van der Waals surface area contributed by atoms with Crippen LogP contribution in [0.4, 0.5) is 0 Å². The lowest BCUT2D eigenvalue weighted by Gasteiger charge is -2.26. The predicted molar refractivity (Wildman–Crippen MR) is 195 cm³/mol. The summed E-state index contributed by atoms with van der Waals surface area (Å²) in [4.78, 5) is 29.1. The van der Waals surface area contributed by atoms with Crippen LogP contribution in [-0.4, -0.2) is 97.4 Å². The number of carbonyl (C=O) groups is 2. The summed E-state index contributed by atoms with van der Waals surface area (Å²) >= 11 is 13.4. The number of aliphatic carboxylic acids is 1. The maximum atomic E-state index is 13.6. The molecule has 2 saturated heterocycles. The van der Waals surface area contributed by atoms with Crippen LogP contribution in [0.25, 0.3) is 17.2 Å². The first-order chi connectivity index (χ1) is 23.7. The Labute approximate surface area is 300 Å². The van der Waals surface area contributed by atoms with Gasteiger partial charge in [-0.05, 0) is 72.5 Å². The number of benzene rings is 3. The van der Waals surface area contributed by atoms with Crippen molar-refractivity contribution in [3.8, 4) is 34.1 Å². The molecule has 2 heterocycles. The Morgan fingerprint density at radius 1 is 0.959 bits per heavy atom. The average Bonchev–Trinajstić information content (AvgIpc) is 3.35. The fourth-order valence-corrected chi connectivity index (χ4v) is 6.93. The van der Waals surface area contributed by atoms with Gasteiger partial charge in [0, 0.05) is 31.7 Å². The van der Waals surface area contributed by atoms with E-state index in [4.69, 9.17) is 52.6 Å². The molecule has 2 aliphatic heterocycles. The van der Waals surface area contributed by atoms with E-state index in [0.29, 0.717) is 82.2 Å². The van der Waals surface area contributed by atoms with Crippen LogP contribution < -0.4 is 18.9 Å². The number of thiocarbonyl (C=S) groups is 1. The topological polar surface area (TPSA) is 107 Å². The highest BCUT2D eigenvalue weighted by atomic mass is 35.5. The average molecular weight is 727 g/mol. The number of halogens is 1. The monoisotopic (exact) mass is 726 g/mol. The number of morpholine rings is 1. The van der Waals surface area contributed by atoms with E-state index >= 15 is 0 Å². The van der Waals surface area contributed by atoms with E-state index in [1.54, 1.807) is 23.1 Å². The number of hydrogen-bond acceptors (Lipinski definition) is 10. The third-order valence-corrected chi connectivity index (χ3v) is 9.54. The van der Waals surface area contributed by atoms with Gasteiger partial charge in [-0.1, -0.05) is 53.8 Å². The van der Waals surface area contributed by atoms with Crippen molar-refractivity contribution in [3.05, 3.63) is 75.7 Å². The summed E-state index contributed by atoms with van der Waals surface area (Å²) in [6.45, 7) is 7.47. The van der Waals surface area contributed by atoms with E-state index in [1.165, 1.54) is 18.9 Å². The van der Waals surface area contributed by atoms with E-state index in [2.05, 4.69) is 4.90 Å². The molecule has 1 N–H and O–H groups in total. The summed E-state index contributed by atoms with van der Waals surface area (Å²) in [5.74, 6) is 1.10. The molecular weight excluding hydrogens is 688 g/mol. The molecule has 0 saturated carbocycles. The highest BCUT2D eigenvalue weighted by Crippen LogP contribution is 2.37. The number of hydrogen-bond donors (Lipinski definition) is 1. The number of methoxy groups -OCH3 is 1. The molecular formula is C36H39ClN2O8S2. The van der Waals surface area contributed by atoms with Crippen molar-refractivity contribution in [2.24, 2.45) is 0 Å². The van der Waals surface area contributed by atoms with E-state index < -0.39 is 5.97 Å². The zero-order chi connectivity index (χ0) is 34.8. The largest absolute Gasteiger partial charge is 0.493 e. The minimum Gasteiger partial charge on any atom is -0.493 e. The Bertz CT molecular complexity index is 1700. The SMILES string of the molecule is CCOc1ccc(-c2ccc(OCCN3CCOCC3)c(C=C3SC(=S)N(CCCOc4cc(CC(=O)O)ccc4OC)C3=O)c2)cc1Cl. The molecule has 0 atom stereocenters. The molecule has 2 fully saturated rings. The van der Waals surface area contributed by atoms with Gasteiger partial charge in [-0.15, -0.1) is 0 Å².